The summed E-state index contributed by atoms with van der Waals surface area (Å²) in [6.07, 6.45) is 0.687. The number of hydrogen-bond donors (Lipinski definition) is 2. The number of aryl methyl sites for hydroxylation is 1. The number of carbonyl (C=O) groups excluding carboxylic acids is 3. The second-order valence-electron chi connectivity index (χ2n) is 7.89. The molecule has 0 bridgehead atoms. The van der Waals surface area contributed by atoms with Crippen LogP contribution in [0.25, 0.3) is 0 Å². The van der Waals surface area contributed by atoms with Crippen LogP contribution in [0.2, 0.25) is 0 Å². The maximum Gasteiger partial charge on any atom is 0.294 e. The molecule has 6 heteroatoms. The van der Waals surface area contributed by atoms with Crippen molar-refractivity contribution < 1.29 is 19.5 Å². The van der Waals surface area contributed by atoms with Gasteiger partial charge < -0.3 is 10.4 Å². The molecule has 4 rings (SSSR count). The van der Waals surface area contributed by atoms with E-state index in [9.17, 15) is 19.5 Å². The number of carbonyl (C=O) groups is 3. The first kappa shape index (κ1) is 22.0. The number of nitrogens with zero attached hydrogens (tertiary/aromatic N) is 1. The number of benzene rings is 3. The number of hydrogen-bond acceptors (Lipinski definition) is 4. The summed E-state index contributed by atoms with van der Waals surface area (Å²) in [5, 5.41) is 13.5. The molecule has 0 saturated heterocycles. The lowest BCUT2D eigenvalue weighted by molar-refractivity contribution is -0.118. The van der Waals surface area contributed by atoms with Gasteiger partial charge in [0.25, 0.3) is 5.91 Å². The summed E-state index contributed by atoms with van der Waals surface area (Å²) in [5.74, 6) is -1.62. The Morgan fingerprint density at radius 3 is 2.12 bits per heavy atom. The number of Topliss-reactive ketones (excluding diaryl/α,β-unsaturated/α-hetero) is 1. The summed E-state index contributed by atoms with van der Waals surface area (Å²) in [6, 6.07) is 24.8. The van der Waals surface area contributed by atoms with Gasteiger partial charge in [0.05, 0.1) is 11.6 Å². The summed E-state index contributed by atoms with van der Waals surface area (Å²) in [6.45, 7) is 1.42. The van der Waals surface area contributed by atoms with Crippen LogP contribution in [0, 0.1) is 0 Å². The molecule has 1 atom stereocenters. The third-order valence-corrected chi connectivity index (χ3v) is 5.57. The van der Waals surface area contributed by atoms with E-state index in [2.05, 4.69) is 5.32 Å². The van der Waals surface area contributed by atoms with Crippen molar-refractivity contribution in [1.29, 1.82) is 0 Å². The monoisotopic (exact) mass is 440 g/mol. The Hall–Kier alpha value is -4.19. The second-order valence-corrected chi connectivity index (χ2v) is 7.89. The SMILES string of the molecule is CC(=O)Nc1ccc(N2C(=O)C(O)=C(C(=O)CCc3ccccc3)C2c2ccccc2)cc1. The van der Waals surface area contributed by atoms with Crippen LogP contribution in [-0.2, 0) is 20.8 Å². The molecule has 0 aromatic heterocycles. The van der Waals surface area contributed by atoms with Crippen LogP contribution in [0.3, 0.4) is 0 Å². The van der Waals surface area contributed by atoms with Gasteiger partial charge >= 0.3 is 0 Å². The van der Waals surface area contributed by atoms with Crippen LogP contribution >= 0.6 is 0 Å². The number of rotatable bonds is 7. The fourth-order valence-electron chi connectivity index (χ4n) is 4.05. The van der Waals surface area contributed by atoms with E-state index in [1.807, 2.05) is 60.7 Å². The van der Waals surface area contributed by atoms with Crippen LogP contribution in [0.1, 0.15) is 30.5 Å². The van der Waals surface area contributed by atoms with Crippen LogP contribution in [0.15, 0.2) is 96.3 Å². The molecule has 2 amide bonds. The Labute approximate surface area is 192 Å². The smallest absolute Gasteiger partial charge is 0.294 e. The molecule has 3 aromatic carbocycles. The van der Waals surface area contributed by atoms with Crippen LogP contribution in [0.4, 0.5) is 11.4 Å². The number of amides is 2. The quantitative estimate of drug-likeness (QED) is 0.555. The molecule has 0 radical (unpaired) electrons. The number of aliphatic hydroxyl groups excluding tert-OH is 1. The molecule has 1 aliphatic heterocycles. The Morgan fingerprint density at radius 2 is 1.52 bits per heavy atom. The molecule has 0 saturated carbocycles. The molecule has 33 heavy (non-hydrogen) atoms. The molecule has 0 fully saturated rings. The summed E-state index contributed by atoms with van der Waals surface area (Å²) >= 11 is 0. The van der Waals surface area contributed by atoms with E-state index in [0.29, 0.717) is 17.8 Å². The second kappa shape index (κ2) is 9.53. The molecular formula is C27H24N2O4. The van der Waals surface area contributed by atoms with Crippen molar-refractivity contribution in [2.75, 3.05) is 10.2 Å². The van der Waals surface area contributed by atoms with Crippen molar-refractivity contribution in [1.82, 2.24) is 0 Å². The van der Waals surface area contributed by atoms with Gasteiger partial charge in [-0.2, -0.15) is 0 Å². The van der Waals surface area contributed by atoms with Crippen molar-refractivity contribution in [3.8, 4) is 0 Å². The Morgan fingerprint density at radius 1 is 0.909 bits per heavy atom. The fourth-order valence-corrected chi connectivity index (χ4v) is 4.05. The standard InChI is InChI=1S/C27H24N2O4/c1-18(30)28-21-13-15-22(16-14-21)29-25(20-10-6-3-7-11-20)24(26(32)27(29)33)23(31)17-12-19-8-4-2-5-9-19/h2-11,13-16,25,32H,12,17H2,1H3,(H,28,30). The van der Waals surface area contributed by atoms with Crippen molar-refractivity contribution in [3.05, 3.63) is 107 Å². The lowest BCUT2D eigenvalue weighted by Gasteiger charge is -2.27. The molecule has 0 aliphatic carbocycles. The average Bonchev–Trinajstić information content (AvgIpc) is 3.09. The van der Waals surface area contributed by atoms with E-state index < -0.39 is 17.7 Å². The summed E-state index contributed by atoms with van der Waals surface area (Å²) < 4.78 is 0. The minimum atomic E-state index is -0.742. The summed E-state index contributed by atoms with van der Waals surface area (Å²) in [7, 11) is 0. The van der Waals surface area contributed by atoms with Crippen molar-refractivity contribution >= 4 is 29.0 Å². The lowest BCUT2D eigenvalue weighted by Crippen LogP contribution is -2.31. The fraction of sp³-hybridized carbons (Fsp3) is 0.148. The molecule has 1 heterocycles. The zero-order chi connectivity index (χ0) is 23.4. The van der Waals surface area contributed by atoms with Crippen LogP contribution < -0.4 is 10.2 Å². The Balaban J connectivity index is 1.67. The highest BCUT2D eigenvalue weighted by atomic mass is 16.3. The first-order valence-electron chi connectivity index (χ1n) is 10.7. The van der Waals surface area contributed by atoms with Crippen molar-refractivity contribution in [2.24, 2.45) is 0 Å². The molecule has 1 aliphatic rings. The van der Waals surface area contributed by atoms with E-state index in [1.165, 1.54) is 11.8 Å². The molecular weight excluding hydrogens is 416 g/mol. The highest BCUT2D eigenvalue weighted by molar-refractivity contribution is 6.16. The number of nitrogens with one attached hydrogen (secondary N) is 1. The van der Waals surface area contributed by atoms with Gasteiger partial charge in [-0.1, -0.05) is 60.7 Å². The third-order valence-electron chi connectivity index (χ3n) is 5.57. The molecule has 0 spiro atoms. The predicted octanol–water partition coefficient (Wildman–Crippen LogP) is 4.75. The Kier molecular flexibility index (Phi) is 6.36. The van der Waals surface area contributed by atoms with E-state index in [-0.39, 0.29) is 23.7 Å². The maximum atomic E-state index is 13.3. The summed E-state index contributed by atoms with van der Waals surface area (Å²) in [4.78, 5) is 39.1. The lowest BCUT2D eigenvalue weighted by atomic mass is 9.93. The van der Waals surface area contributed by atoms with Crippen LogP contribution in [-0.4, -0.2) is 22.7 Å². The van der Waals surface area contributed by atoms with Crippen molar-refractivity contribution in [2.45, 2.75) is 25.8 Å². The van der Waals surface area contributed by atoms with Gasteiger partial charge in [0.2, 0.25) is 5.91 Å². The van der Waals surface area contributed by atoms with Gasteiger partial charge in [-0.05, 0) is 41.8 Å². The minimum Gasteiger partial charge on any atom is -0.503 e. The van der Waals surface area contributed by atoms with Gasteiger partial charge in [0, 0.05) is 24.7 Å². The third kappa shape index (κ3) is 4.70. The van der Waals surface area contributed by atoms with Gasteiger partial charge in [0.15, 0.2) is 11.5 Å². The Bertz CT molecular complexity index is 1200. The number of ketones is 1. The van der Waals surface area contributed by atoms with Gasteiger partial charge in [-0.3, -0.25) is 19.3 Å². The minimum absolute atomic E-state index is 0.105. The van der Waals surface area contributed by atoms with E-state index in [4.69, 9.17) is 0 Å². The van der Waals surface area contributed by atoms with Gasteiger partial charge in [0.1, 0.15) is 0 Å². The predicted molar refractivity (Wildman–Crippen MR) is 127 cm³/mol. The summed E-state index contributed by atoms with van der Waals surface area (Å²) in [5.41, 5.74) is 2.94. The van der Waals surface area contributed by atoms with E-state index >= 15 is 0 Å². The normalized spacial score (nSPS) is 15.6. The molecule has 3 aromatic rings. The topological polar surface area (TPSA) is 86.7 Å². The number of anilines is 2. The molecule has 166 valence electrons. The van der Waals surface area contributed by atoms with E-state index in [0.717, 1.165) is 11.1 Å². The molecule has 1 unspecified atom stereocenters. The highest BCUT2D eigenvalue weighted by Crippen LogP contribution is 2.41. The van der Waals surface area contributed by atoms with Gasteiger partial charge in [-0.15, -0.1) is 0 Å². The molecule has 6 nitrogen and oxygen atoms in total. The van der Waals surface area contributed by atoms with E-state index in [1.54, 1.807) is 24.3 Å². The maximum absolute atomic E-state index is 13.3. The number of aliphatic hydroxyl groups is 1. The molecule has 2 N–H and O–H groups in total. The zero-order valence-electron chi connectivity index (χ0n) is 18.2. The zero-order valence-corrected chi connectivity index (χ0v) is 18.2. The van der Waals surface area contributed by atoms with Crippen LogP contribution in [0.5, 0.6) is 0 Å². The first-order chi connectivity index (χ1) is 16.0. The van der Waals surface area contributed by atoms with Gasteiger partial charge in [-0.25, -0.2) is 0 Å². The highest BCUT2D eigenvalue weighted by Gasteiger charge is 2.44. The largest absolute Gasteiger partial charge is 0.503 e. The average molecular weight is 440 g/mol. The van der Waals surface area contributed by atoms with Crippen molar-refractivity contribution in [3.63, 3.8) is 0 Å². The first-order valence-corrected chi connectivity index (χ1v) is 10.7.